The summed E-state index contributed by atoms with van der Waals surface area (Å²) in [7, 11) is -1.22. The van der Waals surface area contributed by atoms with Gasteiger partial charge >= 0.3 is 0 Å². The van der Waals surface area contributed by atoms with Crippen LogP contribution in [0.4, 0.5) is 11.4 Å². The summed E-state index contributed by atoms with van der Waals surface area (Å²) in [4.78, 5) is 19.6. The van der Waals surface area contributed by atoms with Crippen molar-refractivity contribution >= 4 is 38.9 Å². The van der Waals surface area contributed by atoms with Crippen molar-refractivity contribution in [3.05, 3.63) is 53.1 Å². The first-order chi connectivity index (χ1) is 13.8. The molecule has 2 aromatic carbocycles. The highest BCUT2D eigenvalue weighted by molar-refractivity contribution is 7.89. The van der Waals surface area contributed by atoms with Crippen molar-refractivity contribution in [2.75, 3.05) is 50.7 Å². The summed E-state index contributed by atoms with van der Waals surface area (Å²) in [6.45, 7) is 2.65. The molecule has 0 aromatic heterocycles. The predicted molar refractivity (Wildman–Crippen MR) is 111 cm³/mol. The Bertz CT molecular complexity index is 976. The summed E-state index contributed by atoms with van der Waals surface area (Å²) in [5.74, 6) is -0.370. The molecule has 0 saturated carbocycles. The fourth-order valence-electron chi connectivity index (χ4n) is 2.91. The number of carbonyl (C=O) groups excluding carboxylic acids is 1. The van der Waals surface area contributed by atoms with E-state index in [0.29, 0.717) is 42.6 Å². The van der Waals surface area contributed by atoms with Crippen molar-refractivity contribution in [2.45, 2.75) is 4.90 Å². The van der Waals surface area contributed by atoms with E-state index in [9.17, 15) is 13.2 Å². The fraction of sp³-hybridized carbons (Fsp3) is 0.316. The summed E-state index contributed by atoms with van der Waals surface area (Å²) in [5, 5.41) is 3.37. The minimum atomic E-state index is -3.77. The zero-order valence-corrected chi connectivity index (χ0v) is 17.7. The highest BCUT2D eigenvalue weighted by Crippen LogP contribution is 2.30. The Morgan fingerprint density at radius 1 is 1.17 bits per heavy atom. The van der Waals surface area contributed by atoms with E-state index in [0.717, 1.165) is 10.2 Å². The number of rotatable bonds is 6. The van der Waals surface area contributed by atoms with Gasteiger partial charge in [-0.25, -0.2) is 8.42 Å². The van der Waals surface area contributed by atoms with E-state index in [1.54, 1.807) is 12.1 Å². The van der Waals surface area contributed by atoms with E-state index >= 15 is 0 Å². The summed E-state index contributed by atoms with van der Waals surface area (Å²) in [5.41, 5.74) is 1.75. The summed E-state index contributed by atoms with van der Waals surface area (Å²) >= 11 is 6.12. The third-order valence-electron chi connectivity index (χ3n) is 4.57. The molecule has 0 radical (unpaired) electrons. The van der Waals surface area contributed by atoms with Crippen LogP contribution in [0.5, 0.6) is 0 Å². The molecule has 0 aliphatic carbocycles. The molecule has 0 spiro atoms. The van der Waals surface area contributed by atoms with Crippen molar-refractivity contribution in [3.63, 3.8) is 0 Å². The van der Waals surface area contributed by atoms with E-state index in [-0.39, 0.29) is 10.8 Å². The molecule has 0 atom stereocenters. The van der Waals surface area contributed by atoms with Gasteiger partial charge in [0.25, 0.3) is 15.9 Å². The van der Waals surface area contributed by atoms with E-state index < -0.39 is 10.0 Å². The van der Waals surface area contributed by atoms with Gasteiger partial charge in [0.15, 0.2) is 0 Å². The number of hydrogen-bond acceptors (Lipinski definition) is 6. The molecule has 29 heavy (non-hydrogen) atoms. The van der Waals surface area contributed by atoms with Gasteiger partial charge in [-0.2, -0.15) is 0 Å². The summed E-state index contributed by atoms with van der Waals surface area (Å²) < 4.78 is 30.7. The third-order valence-corrected chi connectivity index (χ3v) is 6.50. The Morgan fingerprint density at radius 2 is 1.83 bits per heavy atom. The number of anilines is 2. The highest BCUT2D eigenvalue weighted by Gasteiger charge is 2.21. The summed E-state index contributed by atoms with van der Waals surface area (Å²) in [6.07, 6.45) is 0. The van der Waals surface area contributed by atoms with Gasteiger partial charge in [-0.3, -0.25) is 9.63 Å². The molecular weight excluding hydrogens is 418 g/mol. The van der Waals surface area contributed by atoms with Crippen molar-refractivity contribution in [3.8, 4) is 0 Å². The molecule has 8 nitrogen and oxygen atoms in total. The van der Waals surface area contributed by atoms with Crippen LogP contribution < -0.4 is 10.2 Å². The molecule has 10 heteroatoms. The minimum absolute atomic E-state index is 0.0233. The molecule has 1 fully saturated rings. The van der Waals surface area contributed by atoms with E-state index in [2.05, 4.69) is 10.2 Å². The second-order valence-electron chi connectivity index (χ2n) is 6.34. The molecule has 0 unspecified atom stereocenters. The lowest BCUT2D eigenvalue weighted by atomic mass is 10.2. The van der Waals surface area contributed by atoms with Crippen molar-refractivity contribution in [1.29, 1.82) is 0 Å². The molecular formula is C19H22ClN3O5S. The summed E-state index contributed by atoms with van der Waals surface area (Å²) in [6, 6.07) is 10.9. The Labute approximate surface area is 175 Å². The number of sulfonamides is 1. The molecule has 1 heterocycles. The first-order valence-corrected chi connectivity index (χ1v) is 10.7. The molecule has 1 aliphatic rings. The number of hydrogen-bond donors (Lipinski definition) is 1. The lowest BCUT2D eigenvalue weighted by molar-refractivity contribution is -0.0258. The number of ether oxygens (including phenoxy) is 1. The molecule has 1 aliphatic heterocycles. The van der Waals surface area contributed by atoms with E-state index in [1.807, 2.05) is 6.07 Å². The fourth-order valence-corrected chi connectivity index (χ4v) is 4.05. The van der Waals surface area contributed by atoms with Crippen molar-refractivity contribution in [2.24, 2.45) is 0 Å². The highest BCUT2D eigenvalue weighted by atomic mass is 35.5. The number of benzene rings is 2. The SMILES string of the molecule is CON(C)S(=O)(=O)c1ccc(C(=O)Nc2cc(Cl)ccc2N2CCOCC2)cc1. The number of nitrogens with one attached hydrogen (secondary N) is 1. The molecule has 2 aromatic rings. The first-order valence-electron chi connectivity index (χ1n) is 8.89. The third kappa shape index (κ3) is 4.88. The molecule has 1 N–H and O–H groups in total. The van der Waals surface area contributed by atoms with Crippen LogP contribution in [0.3, 0.4) is 0 Å². The van der Waals surface area contributed by atoms with Crippen molar-refractivity contribution < 1.29 is 22.8 Å². The lowest BCUT2D eigenvalue weighted by Crippen LogP contribution is -2.36. The number of morpholine rings is 1. The van der Waals surface area contributed by atoms with Crippen LogP contribution >= 0.6 is 11.6 Å². The Balaban J connectivity index is 1.81. The monoisotopic (exact) mass is 439 g/mol. The van der Waals surface area contributed by atoms with Gasteiger partial charge in [-0.15, -0.1) is 0 Å². The van der Waals surface area contributed by atoms with E-state index in [1.165, 1.54) is 38.4 Å². The van der Waals surface area contributed by atoms with Gasteiger partial charge in [0.05, 0.1) is 36.6 Å². The molecule has 0 bridgehead atoms. The molecule has 1 saturated heterocycles. The Morgan fingerprint density at radius 3 is 2.45 bits per heavy atom. The molecule has 156 valence electrons. The molecule has 3 rings (SSSR count). The van der Waals surface area contributed by atoms with E-state index in [4.69, 9.17) is 21.2 Å². The van der Waals surface area contributed by atoms with Gasteiger partial charge in [0.2, 0.25) is 0 Å². The second kappa shape index (κ2) is 9.10. The van der Waals surface area contributed by atoms with Gasteiger partial charge < -0.3 is 15.0 Å². The average Bonchev–Trinajstić information content (AvgIpc) is 2.74. The van der Waals surface area contributed by atoms with Crippen LogP contribution in [0, 0.1) is 0 Å². The van der Waals surface area contributed by atoms with Gasteiger partial charge in [0.1, 0.15) is 0 Å². The zero-order valence-electron chi connectivity index (χ0n) is 16.1. The van der Waals surface area contributed by atoms with Crippen LogP contribution in [0.25, 0.3) is 0 Å². The van der Waals surface area contributed by atoms with Crippen LogP contribution in [0.2, 0.25) is 5.02 Å². The number of hydroxylamine groups is 1. The maximum absolute atomic E-state index is 12.7. The van der Waals surface area contributed by atoms with Crippen LogP contribution in [0.15, 0.2) is 47.4 Å². The van der Waals surface area contributed by atoms with Gasteiger partial charge in [-0.05, 0) is 42.5 Å². The van der Waals surface area contributed by atoms with Gasteiger partial charge in [0, 0.05) is 30.7 Å². The quantitative estimate of drug-likeness (QED) is 0.696. The Kier molecular flexibility index (Phi) is 6.76. The normalized spacial score (nSPS) is 14.8. The Hall–Kier alpha value is -2.17. The zero-order chi connectivity index (χ0) is 21.0. The second-order valence-corrected chi connectivity index (χ2v) is 8.71. The van der Waals surface area contributed by atoms with Gasteiger partial charge in [-0.1, -0.05) is 16.1 Å². The first kappa shape index (κ1) is 21.5. The lowest BCUT2D eigenvalue weighted by Gasteiger charge is -2.30. The topological polar surface area (TPSA) is 88.2 Å². The van der Waals surface area contributed by atoms with Crippen LogP contribution in [-0.4, -0.2) is 59.3 Å². The average molecular weight is 440 g/mol. The number of amides is 1. The number of carbonyl (C=O) groups is 1. The number of nitrogens with zero attached hydrogens (tertiary/aromatic N) is 2. The standard InChI is InChI=1S/C19H22ClN3O5S/c1-22(27-2)29(25,26)16-6-3-14(4-7-16)19(24)21-17-13-15(20)5-8-18(17)23-9-11-28-12-10-23/h3-8,13H,9-12H2,1-2H3,(H,21,24). The number of halogens is 1. The predicted octanol–water partition coefficient (Wildman–Crippen LogP) is 2.61. The maximum atomic E-state index is 12.7. The maximum Gasteiger partial charge on any atom is 0.264 e. The van der Waals surface area contributed by atoms with Crippen molar-refractivity contribution in [1.82, 2.24) is 4.47 Å². The minimum Gasteiger partial charge on any atom is -0.378 e. The smallest absolute Gasteiger partial charge is 0.264 e. The van der Waals surface area contributed by atoms with Crippen LogP contribution in [0.1, 0.15) is 10.4 Å². The van der Waals surface area contributed by atoms with Crippen LogP contribution in [-0.2, 0) is 19.6 Å². The largest absolute Gasteiger partial charge is 0.378 e. The molecule has 1 amide bonds.